The number of hydrogen-bond donors (Lipinski definition) is 0. The zero-order valence-electron chi connectivity index (χ0n) is 14.0. The van der Waals surface area contributed by atoms with Crippen LogP contribution in [0.25, 0.3) is 0 Å². The second-order valence-electron chi connectivity index (χ2n) is 5.56. The molecule has 0 aliphatic heterocycles. The molecule has 0 N–H and O–H groups in total. The first-order valence-corrected chi connectivity index (χ1v) is 7.46. The first-order chi connectivity index (χ1) is 11.1. The molecular formula is C19H22N2O2. The van der Waals surface area contributed by atoms with Crippen molar-refractivity contribution in [2.24, 2.45) is 0 Å². The number of methoxy groups -OCH3 is 2. The molecule has 0 bridgehead atoms. The van der Waals surface area contributed by atoms with Crippen LogP contribution in [0.2, 0.25) is 0 Å². The average molecular weight is 310 g/mol. The highest BCUT2D eigenvalue weighted by molar-refractivity contribution is 5.49. The molecule has 0 saturated carbocycles. The Kier molecular flexibility index (Phi) is 5.48. The van der Waals surface area contributed by atoms with E-state index in [0.717, 1.165) is 22.6 Å². The van der Waals surface area contributed by atoms with Gasteiger partial charge in [0.1, 0.15) is 11.5 Å². The van der Waals surface area contributed by atoms with Gasteiger partial charge in [-0.25, -0.2) is 0 Å². The summed E-state index contributed by atoms with van der Waals surface area (Å²) < 4.78 is 10.6. The van der Waals surface area contributed by atoms with Crippen LogP contribution in [0.15, 0.2) is 42.5 Å². The zero-order valence-corrected chi connectivity index (χ0v) is 14.0. The molecule has 0 radical (unpaired) electrons. The molecule has 0 saturated heterocycles. The lowest BCUT2D eigenvalue weighted by atomic mass is 9.92. The fraction of sp³-hybridized carbons (Fsp3) is 0.316. The maximum atomic E-state index is 9.62. The Morgan fingerprint density at radius 2 is 1.87 bits per heavy atom. The monoisotopic (exact) mass is 310 g/mol. The summed E-state index contributed by atoms with van der Waals surface area (Å²) in [6.45, 7) is 0. The van der Waals surface area contributed by atoms with Gasteiger partial charge in [0.15, 0.2) is 0 Å². The van der Waals surface area contributed by atoms with Crippen LogP contribution in [-0.2, 0) is 6.42 Å². The van der Waals surface area contributed by atoms with Gasteiger partial charge in [0.25, 0.3) is 0 Å². The van der Waals surface area contributed by atoms with E-state index in [1.165, 1.54) is 0 Å². The van der Waals surface area contributed by atoms with E-state index in [0.29, 0.717) is 12.2 Å². The smallest absolute Gasteiger partial charge is 0.127 e. The standard InChI is InChI=1S/C19H22N2O2/c1-21(2)16-7-5-6-14(11-16)10-15(13-20)18-9-8-17(22-3)12-19(18)23-4/h5-9,11-12,15H,10H2,1-4H3. The second-order valence-corrected chi connectivity index (χ2v) is 5.56. The third-order valence-corrected chi connectivity index (χ3v) is 3.84. The van der Waals surface area contributed by atoms with E-state index < -0.39 is 0 Å². The lowest BCUT2D eigenvalue weighted by Gasteiger charge is -2.17. The third kappa shape index (κ3) is 3.95. The molecule has 0 fully saturated rings. The largest absolute Gasteiger partial charge is 0.497 e. The molecule has 120 valence electrons. The number of hydrogen-bond acceptors (Lipinski definition) is 4. The van der Waals surface area contributed by atoms with Gasteiger partial charge in [-0.2, -0.15) is 5.26 Å². The summed E-state index contributed by atoms with van der Waals surface area (Å²) in [5.41, 5.74) is 3.13. The molecule has 4 heteroatoms. The zero-order chi connectivity index (χ0) is 16.8. The molecule has 0 aliphatic carbocycles. The van der Waals surface area contributed by atoms with Gasteiger partial charge in [-0.3, -0.25) is 0 Å². The molecule has 2 aromatic carbocycles. The van der Waals surface area contributed by atoms with Gasteiger partial charge in [-0.15, -0.1) is 0 Å². The van der Waals surface area contributed by atoms with E-state index in [2.05, 4.69) is 23.1 Å². The highest BCUT2D eigenvalue weighted by Gasteiger charge is 2.17. The van der Waals surface area contributed by atoms with Crippen LogP contribution in [-0.4, -0.2) is 28.3 Å². The van der Waals surface area contributed by atoms with Gasteiger partial charge < -0.3 is 14.4 Å². The van der Waals surface area contributed by atoms with E-state index in [1.807, 2.05) is 44.4 Å². The molecule has 23 heavy (non-hydrogen) atoms. The van der Waals surface area contributed by atoms with Crippen LogP contribution in [0, 0.1) is 11.3 Å². The van der Waals surface area contributed by atoms with Crippen LogP contribution >= 0.6 is 0 Å². The minimum Gasteiger partial charge on any atom is -0.497 e. The van der Waals surface area contributed by atoms with Crippen LogP contribution in [0.5, 0.6) is 11.5 Å². The van der Waals surface area contributed by atoms with Crippen molar-refractivity contribution in [2.75, 3.05) is 33.2 Å². The van der Waals surface area contributed by atoms with Gasteiger partial charge in [0, 0.05) is 31.4 Å². The number of nitrogens with zero attached hydrogens (tertiary/aromatic N) is 2. The molecule has 4 nitrogen and oxygen atoms in total. The number of anilines is 1. The van der Waals surface area contributed by atoms with Crippen molar-refractivity contribution in [3.63, 3.8) is 0 Å². The summed E-state index contributed by atoms with van der Waals surface area (Å²) in [4.78, 5) is 2.05. The molecular weight excluding hydrogens is 288 g/mol. The Labute approximate surface area is 137 Å². The first-order valence-electron chi connectivity index (χ1n) is 7.46. The minimum absolute atomic E-state index is 0.270. The predicted molar refractivity (Wildman–Crippen MR) is 92.4 cm³/mol. The molecule has 0 heterocycles. The summed E-state index contributed by atoms with van der Waals surface area (Å²) in [5.74, 6) is 1.13. The third-order valence-electron chi connectivity index (χ3n) is 3.84. The Balaban J connectivity index is 2.30. The van der Waals surface area contributed by atoms with Gasteiger partial charge in [-0.1, -0.05) is 18.2 Å². The van der Waals surface area contributed by atoms with Crippen molar-refractivity contribution in [3.8, 4) is 17.6 Å². The number of nitriles is 1. The average Bonchev–Trinajstić information content (AvgIpc) is 2.59. The minimum atomic E-state index is -0.270. The molecule has 1 unspecified atom stereocenters. The van der Waals surface area contributed by atoms with Crippen molar-refractivity contribution < 1.29 is 9.47 Å². The molecule has 1 atom stereocenters. The predicted octanol–water partition coefficient (Wildman–Crippen LogP) is 3.62. The van der Waals surface area contributed by atoms with Gasteiger partial charge in [-0.05, 0) is 30.2 Å². The van der Waals surface area contributed by atoms with E-state index in [-0.39, 0.29) is 5.92 Å². The van der Waals surface area contributed by atoms with E-state index in [9.17, 15) is 5.26 Å². The lowest BCUT2D eigenvalue weighted by Crippen LogP contribution is -2.09. The second kappa shape index (κ2) is 7.55. The van der Waals surface area contributed by atoms with Crippen LogP contribution in [0.1, 0.15) is 17.0 Å². The lowest BCUT2D eigenvalue weighted by molar-refractivity contribution is 0.390. The van der Waals surface area contributed by atoms with Gasteiger partial charge in [0.2, 0.25) is 0 Å². The van der Waals surface area contributed by atoms with Gasteiger partial charge >= 0.3 is 0 Å². The Bertz CT molecular complexity index is 705. The Morgan fingerprint density at radius 1 is 1.09 bits per heavy atom. The van der Waals surface area contributed by atoms with Crippen molar-refractivity contribution in [3.05, 3.63) is 53.6 Å². The van der Waals surface area contributed by atoms with Crippen LogP contribution in [0.4, 0.5) is 5.69 Å². The maximum absolute atomic E-state index is 9.62. The summed E-state index contributed by atoms with van der Waals surface area (Å²) in [6, 6.07) is 16.2. The van der Waals surface area contributed by atoms with Crippen molar-refractivity contribution in [1.29, 1.82) is 5.26 Å². The van der Waals surface area contributed by atoms with Crippen molar-refractivity contribution in [2.45, 2.75) is 12.3 Å². The summed E-state index contributed by atoms with van der Waals surface area (Å²) in [5, 5.41) is 9.62. The van der Waals surface area contributed by atoms with Gasteiger partial charge in [0.05, 0.1) is 26.2 Å². The van der Waals surface area contributed by atoms with Crippen LogP contribution < -0.4 is 14.4 Å². The number of rotatable bonds is 6. The number of ether oxygens (including phenoxy) is 2. The summed E-state index contributed by atoms with van der Waals surface area (Å²) in [6.07, 6.45) is 0.640. The Morgan fingerprint density at radius 3 is 2.48 bits per heavy atom. The summed E-state index contributed by atoms with van der Waals surface area (Å²) in [7, 11) is 7.24. The van der Waals surface area contributed by atoms with Crippen LogP contribution in [0.3, 0.4) is 0 Å². The quantitative estimate of drug-likeness (QED) is 0.817. The highest BCUT2D eigenvalue weighted by atomic mass is 16.5. The normalized spacial score (nSPS) is 11.4. The molecule has 2 aromatic rings. The Hall–Kier alpha value is -2.67. The summed E-state index contributed by atoms with van der Waals surface area (Å²) >= 11 is 0. The molecule has 0 aliphatic rings. The first kappa shape index (κ1) is 16.7. The fourth-order valence-corrected chi connectivity index (χ4v) is 2.53. The van der Waals surface area contributed by atoms with E-state index in [4.69, 9.17) is 9.47 Å². The van der Waals surface area contributed by atoms with E-state index in [1.54, 1.807) is 14.2 Å². The number of benzene rings is 2. The topological polar surface area (TPSA) is 45.5 Å². The maximum Gasteiger partial charge on any atom is 0.127 e. The highest BCUT2D eigenvalue weighted by Crippen LogP contribution is 2.32. The molecule has 2 rings (SSSR count). The molecule has 0 spiro atoms. The van der Waals surface area contributed by atoms with Crippen molar-refractivity contribution in [1.82, 2.24) is 0 Å². The fourth-order valence-electron chi connectivity index (χ4n) is 2.53. The SMILES string of the molecule is COc1ccc(C(C#N)Cc2cccc(N(C)C)c2)c(OC)c1. The molecule has 0 amide bonds. The van der Waals surface area contributed by atoms with Crippen molar-refractivity contribution >= 4 is 5.69 Å². The molecule has 0 aromatic heterocycles. The van der Waals surface area contributed by atoms with E-state index >= 15 is 0 Å².